The summed E-state index contributed by atoms with van der Waals surface area (Å²) in [7, 11) is 0. The van der Waals surface area contributed by atoms with Crippen LogP contribution in [-0.2, 0) is 4.79 Å². The molecule has 0 bridgehead atoms. The molecular weight excluding hydrogens is 216 g/mol. The van der Waals surface area contributed by atoms with Crippen LogP contribution in [0.3, 0.4) is 0 Å². The Kier molecular flexibility index (Phi) is 2.78. The molecule has 0 radical (unpaired) electrons. The topological polar surface area (TPSA) is 76.0 Å². The van der Waals surface area contributed by atoms with Gasteiger partial charge in [0.15, 0.2) is 5.43 Å². The van der Waals surface area contributed by atoms with Crippen molar-refractivity contribution in [2.45, 2.75) is 6.92 Å². The molecule has 0 atom stereocenters. The molecule has 0 fully saturated rings. The number of fused-ring (bicyclic) bond motifs is 1. The molecule has 0 saturated carbocycles. The van der Waals surface area contributed by atoms with E-state index in [1.54, 1.807) is 18.2 Å². The monoisotopic (exact) mass is 228 g/mol. The Labute approximate surface area is 97.8 Å². The number of rotatable bonds is 2. The Morgan fingerprint density at radius 3 is 2.82 bits per heavy atom. The van der Waals surface area contributed by atoms with Crippen LogP contribution < -0.4 is 11.2 Å². The molecule has 1 aromatic heterocycles. The second-order valence-corrected chi connectivity index (χ2v) is 3.86. The fourth-order valence-corrected chi connectivity index (χ4v) is 1.68. The van der Waals surface area contributed by atoms with E-state index in [1.807, 2.05) is 19.1 Å². The highest BCUT2D eigenvalue weighted by Crippen LogP contribution is 2.12. The van der Waals surface area contributed by atoms with Crippen molar-refractivity contribution < 1.29 is 4.79 Å². The minimum Gasteiger partial charge on any atom is -0.366 e. The van der Waals surface area contributed by atoms with Crippen LogP contribution in [0.5, 0.6) is 0 Å². The van der Waals surface area contributed by atoms with Gasteiger partial charge in [-0.3, -0.25) is 9.59 Å². The molecule has 17 heavy (non-hydrogen) atoms. The molecule has 3 N–H and O–H groups in total. The molecule has 0 aliphatic carbocycles. The lowest BCUT2D eigenvalue weighted by molar-refractivity contribution is -0.113. The first-order chi connectivity index (χ1) is 8.06. The van der Waals surface area contributed by atoms with Gasteiger partial charge < -0.3 is 10.7 Å². The summed E-state index contributed by atoms with van der Waals surface area (Å²) in [5, 5.41) is 0.599. The molecule has 86 valence electrons. The van der Waals surface area contributed by atoms with Gasteiger partial charge >= 0.3 is 0 Å². The van der Waals surface area contributed by atoms with E-state index in [9.17, 15) is 9.59 Å². The number of carbonyl (C=O) groups excluding carboxylic acids is 1. The Morgan fingerprint density at radius 2 is 2.12 bits per heavy atom. The number of primary amides is 1. The van der Waals surface area contributed by atoms with Crippen LogP contribution in [0.2, 0.25) is 0 Å². The lowest BCUT2D eigenvalue weighted by atomic mass is 10.1. The molecule has 4 heteroatoms. The molecule has 1 aromatic carbocycles. The lowest BCUT2D eigenvalue weighted by Crippen LogP contribution is -2.05. The third-order valence-electron chi connectivity index (χ3n) is 2.43. The van der Waals surface area contributed by atoms with Crippen molar-refractivity contribution in [1.82, 2.24) is 4.98 Å². The molecule has 0 unspecified atom stereocenters. The maximum atomic E-state index is 11.8. The fourth-order valence-electron chi connectivity index (χ4n) is 1.68. The molecule has 0 saturated heterocycles. The number of H-pyrrole nitrogens is 1. The first-order valence-electron chi connectivity index (χ1n) is 5.17. The lowest BCUT2D eigenvalue weighted by Gasteiger charge is -2.01. The SMILES string of the molecule is Cc1cc(=O)c2cc(C=CC(N)=O)ccc2[nH]1. The molecule has 4 nitrogen and oxygen atoms in total. The number of carbonyl (C=O) groups is 1. The average molecular weight is 228 g/mol. The number of nitrogens with two attached hydrogens (primary N) is 1. The van der Waals surface area contributed by atoms with Crippen molar-refractivity contribution in [2.75, 3.05) is 0 Å². The molecule has 0 spiro atoms. The summed E-state index contributed by atoms with van der Waals surface area (Å²) in [6.07, 6.45) is 2.85. The van der Waals surface area contributed by atoms with Gasteiger partial charge in [0, 0.05) is 28.7 Å². The Balaban J connectivity index is 2.58. The quantitative estimate of drug-likeness (QED) is 0.761. The normalized spacial score (nSPS) is 11.1. The highest BCUT2D eigenvalue weighted by molar-refractivity contribution is 5.91. The standard InChI is InChI=1S/C13H12N2O2/c1-8-6-12(16)10-7-9(3-5-13(14)17)2-4-11(10)15-8/h2-7H,1H3,(H2,14,17)(H,15,16). The van der Waals surface area contributed by atoms with Crippen LogP contribution in [0.15, 0.2) is 35.1 Å². The summed E-state index contributed by atoms with van der Waals surface area (Å²) in [4.78, 5) is 25.5. The average Bonchev–Trinajstić information content (AvgIpc) is 2.26. The number of nitrogens with one attached hydrogen (secondary N) is 1. The summed E-state index contributed by atoms with van der Waals surface area (Å²) >= 11 is 0. The molecule has 2 aromatic rings. The van der Waals surface area contributed by atoms with Crippen LogP contribution in [0.1, 0.15) is 11.3 Å². The van der Waals surface area contributed by atoms with Crippen LogP contribution >= 0.6 is 0 Å². The van der Waals surface area contributed by atoms with Crippen molar-refractivity contribution in [3.05, 3.63) is 51.8 Å². The van der Waals surface area contributed by atoms with Crippen molar-refractivity contribution in [2.24, 2.45) is 5.73 Å². The maximum Gasteiger partial charge on any atom is 0.241 e. The molecular formula is C13H12N2O2. The minimum atomic E-state index is -0.511. The van der Waals surface area contributed by atoms with E-state index < -0.39 is 5.91 Å². The Bertz CT molecular complexity index is 669. The van der Waals surface area contributed by atoms with Crippen molar-refractivity contribution in [1.29, 1.82) is 0 Å². The van der Waals surface area contributed by atoms with E-state index in [2.05, 4.69) is 4.98 Å². The predicted molar refractivity (Wildman–Crippen MR) is 67.5 cm³/mol. The van der Waals surface area contributed by atoms with E-state index in [4.69, 9.17) is 5.73 Å². The second kappa shape index (κ2) is 4.25. The molecule has 1 heterocycles. The zero-order valence-corrected chi connectivity index (χ0v) is 9.36. The number of pyridine rings is 1. The van der Waals surface area contributed by atoms with E-state index in [0.29, 0.717) is 5.39 Å². The Morgan fingerprint density at radius 1 is 1.35 bits per heavy atom. The largest absolute Gasteiger partial charge is 0.366 e. The van der Waals surface area contributed by atoms with Crippen LogP contribution in [0.4, 0.5) is 0 Å². The molecule has 0 aliphatic heterocycles. The highest BCUT2D eigenvalue weighted by atomic mass is 16.1. The number of hydrogen-bond donors (Lipinski definition) is 2. The van der Waals surface area contributed by atoms with Gasteiger partial charge in [-0.15, -0.1) is 0 Å². The maximum absolute atomic E-state index is 11.8. The van der Waals surface area contributed by atoms with Gasteiger partial charge in [-0.25, -0.2) is 0 Å². The van der Waals surface area contributed by atoms with E-state index in [0.717, 1.165) is 16.8 Å². The first kappa shape index (κ1) is 11.1. The predicted octanol–water partition coefficient (Wildman–Crippen LogP) is 1.34. The number of aromatic amines is 1. The molecule has 1 amide bonds. The van der Waals surface area contributed by atoms with Gasteiger partial charge in [0.25, 0.3) is 0 Å². The zero-order chi connectivity index (χ0) is 12.4. The number of amides is 1. The van der Waals surface area contributed by atoms with Crippen LogP contribution in [0.25, 0.3) is 17.0 Å². The number of aromatic nitrogens is 1. The van der Waals surface area contributed by atoms with Gasteiger partial charge in [0.05, 0.1) is 0 Å². The third kappa shape index (κ3) is 2.42. The molecule has 0 aliphatic rings. The van der Waals surface area contributed by atoms with Gasteiger partial charge in [-0.05, 0) is 30.7 Å². The van der Waals surface area contributed by atoms with Crippen molar-refractivity contribution >= 4 is 22.9 Å². The smallest absolute Gasteiger partial charge is 0.241 e. The number of hydrogen-bond acceptors (Lipinski definition) is 2. The number of aryl methyl sites for hydroxylation is 1. The first-order valence-corrected chi connectivity index (χ1v) is 5.17. The second-order valence-electron chi connectivity index (χ2n) is 3.86. The summed E-state index contributed by atoms with van der Waals surface area (Å²) in [5.41, 5.74) is 7.35. The summed E-state index contributed by atoms with van der Waals surface area (Å²) in [6, 6.07) is 6.90. The van der Waals surface area contributed by atoms with Crippen molar-refractivity contribution in [3.63, 3.8) is 0 Å². The third-order valence-corrected chi connectivity index (χ3v) is 2.43. The van der Waals surface area contributed by atoms with Crippen molar-refractivity contribution in [3.8, 4) is 0 Å². The zero-order valence-electron chi connectivity index (χ0n) is 9.36. The fraction of sp³-hybridized carbons (Fsp3) is 0.0769. The summed E-state index contributed by atoms with van der Waals surface area (Å²) in [5.74, 6) is -0.511. The van der Waals surface area contributed by atoms with E-state index >= 15 is 0 Å². The highest BCUT2D eigenvalue weighted by Gasteiger charge is 2.00. The van der Waals surface area contributed by atoms with E-state index in [1.165, 1.54) is 6.08 Å². The van der Waals surface area contributed by atoms with Crippen LogP contribution in [-0.4, -0.2) is 10.9 Å². The summed E-state index contributed by atoms with van der Waals surface area (Å²) in [6.45, 7) is 1.84. The van der Waals surface area contributed by atoms with Gasteiger partial charge in [0.1, 0.15) is 0 Å². The van der Waals surface area contributed by atoms with Gasteiger partial charge in [-0.2, -0.15) is 0 Å². The van der Waals surface area contributed by atoms with Crippen LogP contribution in [0, 0.1) is 6.92 Å². The van der Waals surface area contributed by atoms with Gasteiger partial charge in [0.2, 0.25) is 5.91 Å². The van der Waals surface area contributed by atoms with Gasteiger partial charge in [-0.1, -0.05) is 6.07 Å². The van der Waals surface area contributed by atoms with E-state index in [-0.39, 0.29) is 5.43 Å². The Hall–Kier alpha value is -2.36. The molecule has 2 rings (SSSR count). The minimum absolute atomic E-state index is 0.0365. The summed E-state index contributed by atoms with van der Waals surface area (Å²) < 4.78 is 0. The number of benzene rings is 1.